The number of nitrogens with zero attached hydrogens (tertiary/aromatic N) is 2. The molecule has 0 saturated carbocycles. The molecule has 0 amide bonds. The zero-order valence-corrected chi connectivity index (χ0v) is 8.53. The van der Waals surface area contributed by atoms with Gasteiger partial charge in [-0.15, -0.1) is 0 Å². The minimum atomic E-state index is -4.19. The quantitative estimate of drug-likeness (QED) is 0.339. The maximum atomic E-state index is 10.8. The third-order valence-corrected chi connectivity index (χ3v) is 2.57. The highest BCUT2D eigenvalue weighted by Gasteiger charge is 2.18. The van der Waals surface area contributed by atoms with Gasteiger partial charge in [-0.2, -0.15) is 0 Å². The Kier molecular flexibility index (Phi) is 3.01. The maximum absolute atomic E-state index is 10.8. The molecule has 0 atom stereocenters. The molecule has 0 spiro atoms. The number of halogens is 1. The lowest BCUT2D eigenvalue weighted by Gasteiger charge is -1.97. The molecule has 1 aromatic rings. The van der Waals surface area contributed by atoms with Gasteiger partial charge in [0, 0.05) is 16.7 Å². The number of aromatic nitrogens is 1. The Balaban J connectivity index is 3.50. The molecule has 0 fully saturated rings. The molecule has 0 unspecified atom stereocenters. The summed E-state index contributed by atoms with van der Waals surface area (Å²) in [6.07, 6.45) is 0.193. The topological polar surface area (TPSA) is 107 Å². The Morgan fingerprint density at radius 1 is 1.47 bits per heavy atom. The van der Waals surface area contributed by atoms with Crippen LogP contribution in [0.5, 0.6) is 0 Å². The van der Waals surface area contributed by atoms with Crippen LogP contribution in [-0.4, -0.2) is 24.6 Å². The first kappa shape index (κ1) is 11.5. The summed E-state index contributed by atoms with van der Waals surface area (Å²) in [5.41, 5.74) is -0.935. The maximum Gasteiger partial charge on any atom is 0.278 e. The summed E-state index contributed by atoms with van der Waals surface area (Å²) in [4.78, 5) is 23.2. The number of nitro groups is 1. The van der Waals surface area contributed by atoms with Gasteiger partial charge in [0.15, 0.2) is 11.3 Å². The molecule has 15 heavy (non-hydrogen) atoms. The normalized spacial score (nSPS) is 11.0. The van der Waals surface area contributed by atoms with Crippen molar-refractivity contribution in [2.75, 3.05) is 0 Å². The van der Waals surface area contributed by atoms with Crippen LogP contribution in [0.2, 0.25) is 0 Å². The molecular formula is C6H3ClN2O5S. The van der Waals surface area contributed by atoms with Crippen LogP contribution in [0.3, 0.4) is 0 Å². The van der Waals surface area contributed by atoms with Crippen molar-refractivity contribution in [2.45, 2.75) is 5.03 Å². The monoisotopic (exact) mass is 250 g/mol. The van der Waals surface area contributed by atoms with E-state index < -0.39 is 24.7 Å². The average Bonchev–Trinajstić information content (AvgIpc) is 2.15. The summed E-state index contributed by atoms with van der Waals surface area (Å²) < 4.78 is 21.7. The van der Waals surface area contributed by atoms with Gasteiger partial charge in [0.1, 0.15) is 5.69 Å². The number of rotatable bonds is 3. The summed E-state index contributed by atoms with van der Waals surface area (Å²) in [7, 11) is 0.742. The lowest BCUT2D eigenvalue weighted by atomic mass is 10.3. The summed E-state index contributed by atoms with van der Waals surface area (Å²) >= 11 is 0. The predicted octanol–water partition coefficient (Wildman–Crippen LogP) is 0.730. The first-order chi connectivity index (χ1) is 6.84. The second-order valence-corrected chi connectivity index (χ2v) is 4.91. The van der Waals surface area contributed by atoms with Crippen molar-refractivity contribution < 1.29 is 18.1 Å². The van der Waals surface area contributed by atoms with E-state index in [1.807, 2.05) is 0 Å². The van der Waals surface area contributed by atoms with Gasteiger partial charge in [0.25, 0.3) is 14.7 Å². The van der Waals surface area contributed by atoms with E-state index in [1.165, 1.54) is 0 Å². The second kappa shape index (κ2) is 3.91. The predicted molar refractivity (Wildman–Crippen MR) is 49.3 cm³/mol. The van der Waals surface area contributed by atoms with Gasteiger partial charge in [-0.1, -0.05) is 0 Å². The second-order valence-electron chi connectivity index (χ2n) is 2.40. The summed E-state index contributed by atoms with van der Waals surface area (Å²) in [6.45, 7) is 0. The molecule has 80 valence electrons. The minimum Gasteiger partial charge on any atom is -0.296 e. The van der Waals surface area contributed by atoms with E-state index in [4.69, 9.17) is 10.7 Å². The summed E-state index contributed by atoms with van der Waals surface area (Å²) in [5, 5.41) is 9.65. The highest BCUT2D eigenvalue weighted by Crippen LogP contribution is 2.19. The number of carbonyl (C=O) groups is 1. The van der Waals surface area contributed by atoms with Crippen molar-refractivity contribution in [3.63, 3.8) is 0 Å². The van der Waals surface area contributed by atoms with Gasteiger partial charge in [-0.25, -0.2) is 13.4 Å². The van der Waals surface area contributed by atoms with Crippen LogP contribution >= 0.6 is 10.7 Å². The largest absolute Gasteiger partial charge is 0.296 e. The molecule has 1 aromatic heterocycles. The molecule has 0 saturated heterocycles. The first-order valence-corrected chi connectivity index (χ1v) is 5.72. The van der Waals surface area contributed by atoms with Gasteiger partial charge < -0.3 is 0 Å². The van der Waals surface area contributed by atoms with E-state index in [1.54, 1.807) is 0 Å². The highest BCUT2D eigenvalue weighted by molar-refractivity contribution is 8.13. The van der Waals surface area contributed by atoms with Crippen LogP contribution in [0.1, 0.15) is 10.5 Å². The third-order valence-electron chi connectivity index (χ3n) is 1.39. The van der Waals surface area contributed by atoms with Crippen molar-refractivity contribution >= 4 is 31.7 Å². The van der Waals surface area contributed by atoms with Crippen molar-refractivity contribution in [3.05, 3.63) is 27.9 Å². The van der Waals surface area contributed by atoms with Crippen molar-refractivity contribution in [2.24, 2.45) is 0 Å². The molecule has 0 N–H and O–H groups in total. The van der Waals surface area contributed by atoms with Crippen LogP contribution in [0, 0.1) is 10.1 Å². The Hall–Kier alpha value is -1.54. The zero-order valence-electron chi connectivity index (χ0n) is 6.95. The molecule has 0 radical (unpaired) electrons. The molecule has 0 aliphatic rings. The SMILES string of the molecule is O=Cc1cc([N+](=O)[O-])cc(S(=O)(=O)Cl)n1. The number of hydrogen-bond acceptors (Lipinski definition) is 6. The van der Waals surface area contributed by atoms with Crippen LogP contribution in [0.4, 0.5) is 5.69 Å². The van der Waals surface area contributed by atoms with E-state index in [-0.39, 0.29) is 12.0 Å². The lowest BCUT2D eigenvalue weighted by molar-refractivity contribution is -0.385. The Morgan fingerprint density at radius 2 is 2.07 bits per heavy atom. The Morgan fingerprint density at radius 3 is 2.47 bits per heavy atom. The number of pyridine rings is 1. The fraction of sp³-hybridized carbons (Fsp3) is 0. The standard InChI is InChI=1S/C6H3ClN2O5S/c7-15(13,14)6-2-5(9(11)12)1-4(3-10)8-6/h1-3H. The average molecular weight is 251 g/mol. The van der Waals surface area contributed by atoms with E-state index >= 15 is 0 Å². The molecule has 0 aromatic carbocycles. The van der Waals surface area contributed by atoms with Gasteiger partial charge >= 0.3 is 0 Å². The van der Waals surface area contributed by atoms with E-state index in [2.05, 4.69) is 4.98 Å². The molecule has 0 aliphatic heterocycles. The Labute approximate surface area is 88.3 Å². The van der Waals surface area contributed by atoms with Crippen molar-refractivity contribution in [1.82, 2.24) is 4.98 Å². The molecule has 9 heteroatoms. The lowest BCUT2D eigenvalue weighted by Crippen LogP contribution is -2.01. The number of aldehydes is 1. The van der Waals surface area contributed by atoms with Gasteiger partial charge in [0.2, 0.25) is 0 Å². The number of carbonyl (C=O) groups excluding carboxylic acids is 1. The fourth-order valence-corrected chi connectivity index (χ4v) is 1.52. The van der Waals surface area contributed by atoms with Crippen molar-refractivity contribution in [3.8, 4) is 0 Å². The van der Waals surface area contributed by atoms with Crippen LogP contribution in [0.15, 0.2) is 17.2 Å². The minimum absolute atomic E-state index is 0.193. The summed E-state index contributed by atoms with van der Waals surface area (Å²) in [6, 6.07) is 1.52. The zero-order chi connectivity index (χ0) is 11.6. The van der Waals surface area contributed by atoms with Crippen LogP contribution in [0.25, 0.3) is 0 Å². The molecule has 1 heterocycles. The molecule has 1 rings (SSSR count). The van der Waals surface area contributed by atoms with E-state index in [0.29, 0.717) is 6.07 Å². The van der Waals surface area contributed by atoms with Gasteiger partial charge in [-0.3, -0.25) is 14.9 Å². The molecule has 0 bridgehead atoms. The summed E-state index contributed by atoms with van der Waals surface area (Å²) in [5.74, 6) is 0. The molecular weight excluding hydrogens is 248 g/mol. The van der Waals surface area contributed by atoms with Crippen LogP contribution in [-0.2, 0) is 9.05 Å². The van der Waals surface area contributed by atoms with Crippen LogP contribution < -0.4 is 0 Å². The van der Waals surface area contributed by atoms with Crippen molar-refractivity contribution in [1.29, 1.82) is 0 Å². The highest BCUT2D eigenvalue weighted by atomic mass is 35.7. The number of hydrogen-bond donors (Lipinski definition) is 0. The molecule has 0 aliphatic carbocycles. The molecule has 7 nitrogen and oxygen atoms in total. The van der Waals surface area contributed by atoms with E-state index in [0.717, 1.165) is 6.07 Å². The Bertz CT molecular complexity index is 526. The van der Waals surface area contributed by atoms with Gasteiger partial charge in [-0.05, 0) is 0 Å². The smallest absolute Gasteiger partial charge is 0.278 e. The third kappa shape index (κ3) is 2.70. The van der Waals surface area contributed by atoms with Gasteiger partial charge in [0.05, 0.1) is 11.0 Å². The fourth-order valence-electron chi connectivity index (χ4n) is 0.802. The first-order valence-electron chi connectivity index (χ1n) is 3.41. The van der Waals surface area contributed by atoms with E-state index in [9.17, 15) is 23.3 Å².